The standard InChI is InChI=1S/C22H26N2O3/c1-15-9-11-16(12-10-15)24-20(25)14-13-18(22(26)23(2)3)21(24)17-7-5-6-8-19(17)27-4/h5-12,18,21H,13-14H2,1-4H3/t18-,21+/m1/s1. The van der Waals surface area contributed by atoms with Crippen LogP contribution in [-0.4, -0.2) is 37.9 Å². The van der Waals surface area contributed by atoms with E-state index in [0.717, 1.165) is 16.8 Å². The molecule has 0 saturated carbocycles. The van der Waals surface area contributed by atoms with Gasteiger partial charge < -0.3 is 14.5 Å². The first-order valence-electron chi connectivity index (χ1n) is 9.17. The van der Waals surface area contributed by atoms with Crippen LogP contribution in [0.1, 0.15) is 30.0 Å². The van der Waals surface area contributed by atoms with Gasteiger partial charge in [-0.3, -0.25) is 9.59 Å². The van der Waals surface area contributed by atoms with Gasteiger partial charge in [-0.1, -0.05) is 35.9 Å². The number of anilines is 1. The SMILES string of the molecule is COc1ccccc1[C@H]1[C@H](C(=O)N(C)C)CCC(=O)N1c1ccc(C)cc1. The summed E-state index contributed by atoms with van der Waals surface area (Å²) in [7, 11) is 5.13. The van der Waals surface area contributed by atoms with Gasteiger partial charge in [-0.2, -0.15) is 0 Å². The molecule has 0 aromatic heterocycles. The first-order chi connectivity index (χ1) is 12.9. The van der Waals surface area contributed by atoms with Crippen molar-refractivity contribution in [2.75, 3.05) is 26.1 Å². The molecule has 0 aliphatic carbocycles. The van der Waals surface area contributed by atoms with Crippen molar-refractivity contribution in [3.63, 3.8) is 0 Å². The van der Waals surface area contributed by atoms with Crippen molar-refractivity contribution in [1.29, 1.82) is 0 Å². The zero-order valence-corrected chi connectivity index (χ0v) is 16.3. The largest absolute Gasteiger partial charge is 0.496 e. The van der Waals surface area contributed by atoms with Gasteiger partial charge in [-0.05, 0) is 31.5 Å². The summed E-state index contributed by atoms with van der Waals surface area (Å²) in [6, 6.07) is 15.1. The molecule has 1 aliphatic heterocycles. The number of hydrogen-bond donors (Lipinski definition) is 0. The Morgan fingerprint density at radius 2 is 1.78 bits per heavy atom. The Bertz CT molecular complexity index is 830. The molecule has 5 heteroatoms. The molecule has 1 heterocycles. The average Bonchev–Trinajstić information content (AvgIpc) is 2.68. The number of carbonyl (C=O) groups excluding carboxylic acids is 2. The summed E-state index contributed by atoms with van der Waals surface area (Å²) in [6.07, 6.45) is 0.880. The molecule has 2 amide bonds. The van der Waals surface area contributed by atoms with E-state index in [2.05, 4.69) is 0 Å². The highest BCUT2D eigenvalue weighted by Crippen LogP contribution is 2.43. The molecule has 2 aromatic carbocycles. The Morgan fingerprint density at radius 1 is 1.11 bits per heavy atom. The predicted molar refractivity (Wildman–Crippen MR) is 106 cm³/mol. The van der Waals surface area contributed by atoms with E-state index in [9.17, 15) is 9.59 Å². The predicted octanol–water partition coefficient (Wildman–Crippen LogP) is 3.58. The monoisotopic (exact) mass is 366 g/mol. The lowest BCUT2D eigenvalue weighted by molar-refractivity contribution is -0.136. The number of amides is 2. The first kappa shape index (κ1) is 19.0. The van der Waals surface area contributed by atoms with E-state index in [0.29, 0.717) is 18.6 Å². The molecule has 0 radical (unpaired) electrons. The lowest BCUT2D eigenvalue weighted by Crippen LogP contribution is -2.48. The highest BCUT2D eigenvalue weighted by atomic mass is 16.5. The van der Waals surface area contributed by atoms with Crippen molar-refractivity contribution in [3.8, 4) is 5.75 Å². The van der Waals surface area contributed by atoms with Crippen LogP contribution in [0.4, 0.5) is 5.69 Å². The van der Waals surface area contributed by atoms with Gasteiger partial charge in [0.05, 0.1) is 19.1 Å². The zero-order valence-electron chi connectivity index (χ0n) is 16.3. The van der Waals surface area contributed by atoms with Crippen LogP contribution in [0, 0.1) is 12.8 Å². The fourth-order valence-corrected chi connectivity index (χ4v) is 3.76. The number of rotatable bonds is 4. The highest BCUT2D eigenvalue weighted by molar-refractivity contribution is 5.97. The summed E-state index contributed by atoms with van der Waals surface area (Å²) in [5.41, 5.74) is 2.78. The fourth-order valence-electron chi connectivity index (χ4n) is 3.76. The molecule has 142 valence electrons. The van der Waals surface area contributed by atoms with Gasteiger partial charge in [-0.15, -0.1) is 0 Å². The van der Waals surface area contributed by atoms with Crippen molar-refractivity contribution in [1.82, 2.24) is 4.90 Å². The summed E-state index contributed by atoms with van der Waals surface area (Å²) in [5, 5.41) is 0. The molecule has 3 rings (SSSR count). The first-order valence-corrected chi connectivity index (χ1v) is 9.17. The Labute approximate surface area is 160 Å². The summed E-state index contributed by atoms with van der Waals surface area (Å²) in [5.74, 6) is 0.411. The minimum absolute atomic E-state index is 0.0236. The zero-order chi connectivity index (χ0) is 19.6. The Hall–Kier alpha value is -2.82. The van der Waals surface area contributed by atoms with Crippen molar-refractivity contribution in [2.45, 2.75) is 25.8 Å². The second kappa shape index (κ2) is 7.82. The summed E-state index contributed by atoms with van der Waals surface area (Å²) in [4.78, 5) is 29.3. The summed E-state index contributed by atoms with van der Waals surface area (Å²) >= 11 is 0. The quantitative estimate of drug-likeness (QED) is 0.831. The summed E-state index contributed by atoms with van der Waals surface area (Å²) < 4.78 is 5.56. The number of nitrogens with zero attached hydrogens (tertiary/aromatic N) is 2. The molecular weight excluding hydrogens is 340 g/mol. The van der Waals surface area contributed by atoms with Crippen LogP contribution >= 0.6 is 0 Å². The number of ether oxygens (including phenoxy) is 1. The smallest absolute Gasteiger partial charge is 0.227 e. The van der Waals surface area contributed by atoms with Gasteiger partial charge in [0.15, 0.2) is 0 Å². The second-order valence-electron chi connectivity index (χ2n) is 7.16. The maximum absolute atomic E-state index is 13.0. The van der Waals surface area contributed by atoms with Crippen molar-refractivity contribution in [2.24, 2.45) is 5.92 Å². The van der Waals surface area contributed by atoms with Crippen LogP contribution in [0.15, 0.2) is 48.5 Å². The van der Waals surface area contributed by atoms with Crippen LogP contribution in [0.3, 0.4) is 0 Å². The Morgan fingerprint density at radius 3 is 2.41 bits per heavy atom. The Kier molecular flexibility index (Phi) is 5.49. The highest BCUT2D eigenvalue weighted by Gasteiger charge is 2.43. The van der Waals surface area contributed by atoms with Gasteiger partial charge in [0.2, 0.25) is 11.8 Å². The molecule has 0 N–H and O–H groups in total. The number of aryl methyl sites for hydroxylation is 1. The van der Waals surface area contributed by atoms with Gasteiger partial charge in [-0.25, -0.2) is 0 Å². The van der Waals surface area contributed by atoms with Crippen LogP contribution in [-0.2, 0) is 9.59 Å². The molecule has 5 nitrogen and oxygen atoms in total. The van der Waals surface area contributed by atoms with E-state index < -0.39 is 6.04 Å². The van der Waals surface area contributed by atoms with Crippen molar-refractivity contribution in [3.05, 3.63) is 59.7 Å². The third kappa shape index (κ3) is 3.68. The lowest BCUT2D eigenvalue weighted by Gasteiger charge is -2.42. The second-order valence-corrected chi connectivity index (χ2v) is 7.16. The maximum Gasteiger partial charge on any atom is 0.227 e. The topological polar surface area (TPSA) is 49.9 Å². The van der Waals surface area contributed by atoms with E-state index >= 15 is 0 Å². The van der Waals surface area contributed by atoms with Crippen molar-refractivity contribution >= 4 is 17.5 Å². The molecule has 27 heavy (non-hydrogen) atoms. The third-order valence-corrected chi connectivity index (χ3v) is 5.12. The Balaban J connectivity index is 2.16. The van der Waals surface area contributed by atoms with E-state index in [1.807, 2.05) is 55.5 Å². The minimum atomic E-state index is -0.403. The van der Waals surface area contributed by atoms with Gasteiger partial charge in [0.1, 0.15) is 5.75 Å². The molecule has 1 aliphatic rings. The normalized spacial score (nSPS) is 19.7. The number of carbonyl (C=O) groups is 2. The van der Waals surface area contributed by atoms with Gasteiger partial charge in [0, 0.05) is 31.8 Å². The van der Waals surface area contributed by atoms with Gasteiger partial charge in [0.25, 0.3) is 0 Å². The molecule has 1 saturated heterocycles. The number of methoxy groups -OCH3 is 1. The average molecular weight is 366 g/mol. The van der Waals surface area contributed by atoms with Crippen LogP contribution in [0.25, 0.3) is 0 Å². The number of para-hydroxylation sites is 1. The molecule has 0 spiro atoms. The lowest BCUT2D eigenvalue weighted by atomic mass is 9.82. The minimum Gasteiger partial charge on any atom is -0.496 e. The molecule has 2 atom stereocenters. The van der Waals surface area contributed by atoms with Crippen LogP contribution < -0.4 is 9.64 Å². The molecule has 0 bridgehead atoms. The van der Waals surface area contributed by atoms with E-state index in [1.54, 1.807) is 31.0 Å². The third-order valence-electron chi connectivity index (χ3n) is 5.12. The fraction of sp³-hybridized carbons (Fsp3) is 0.364. The number of piperidine rings is 1. The van der Waals surface area contributed by atoms with Crippen LogP contribution in [0.5, 0.6) is 5.75 Å². The molecule has 0 unspecified atom stereocenters. The summed E-state index contributed by atoms with van der Waals surface area (Å²) in [6.45, 7) is 2.01. The van der Waals surface area contributed by atoms with E-state index in [4.69, 9.17) is 4.74 Å². The number of hydrogen-bond acceptors (Lipinski definition) is 3. The molecular formula is C22H26N2O3. The van der Waals surface area contributed by atoms with Crippen LogP contribution in [0.2, 0.25) is 0 Å². The molecule has 2 aromatic rings. The van der Waals surface area contributed by atoms with E-state index in [-0.39, 0.29) is 17.7 Å². The van der Waals surface area contributed by atoms with Crippen molar-refractivity contribution < 1.29 is 14.3 Å². The van der Waals surface area contributed by atoms with Gasteiger partial charge >= 0.3 is 0 Å². The van der Waals surface area contributed by atoms with E-state index in [1.165, 1.54) is 0 Å². The molecule has 1 fully saturated rings. The maximum atomic E-state index is 13.0. The number of benzene rings is 2.